The molecule has 0 bridgehead atoms. The number of rotatable bonds is 4. The maximum atomic E-state index is 12.1. The van der Waals surface area contributed by atoms with Crippen LogP contribution in [-0.2, 0) is 0 Å². The SMILES string of the molecule is Nc1ccc2oc(C(=O)NCCC3CCCCC3)cc2c1. The largest absolute Gasteiger partial charge is 0.451 e. The van der Waals surface area contributed by atoms with E-state index in [1.54, 1.807) is 18.2 Å². The molecule has 112 valence electrons. The minimum absolute atomic E-state index is 0.138. The summed E-state index contributed by atoms with van der Waals surface area (Å²) in [6, 6.07) is 7.14. The monoisotopic (exact) mass is 286 g/mol. The maximum absolute atomic E-state index is 12.1. The van der Waals surface area contributed by atoms with Crippen LogP contribution in [0.25, 0.3) is 11.0 Å². The molecule has 0 saturated heterocycles. The first kappa shape index (κ1) is 14.0. The molecule has 1 heterocycles. The van der Waals surface area contributed by atoms with Gasteiger partial charge in [-0.2, -0.15) is 0 Å². The van der Waals surface area contributed by atoms with Crippen LogP contribution in [0.2, 0.25) is 0 Å². The number of nitrogen functional groups attached to an aromatic ring is 1. The van der Waals surface area contributed by atoms with Crippen molar-refractivity contribution in [2.24, 2.45) is 5.92 Å². The molecule has 0 atom stereocenters. The summed E-state index contributed by atoms with van der Waals surface area (Å²) in [5, 5.41) is 3.83. The van der Waals surface area contributed by atoms with Crippen molar-refractivity contribution in [3.63, 3.8) is 0 Å². The number of nitrogens with two attached hydrogens (primary N) is 1. The van der Waals surface area contributed by atoms with Gasteiger partial charge < -0.3 is 15.5 Å². The van der Waals surface area contributed by atoms with Gasteiger partial charge in [-0.3, -0.25) is 4.79 Å². The molecule has 0 aliphatic heterocycles. The molecular weight excluding hydrogens is 264 g/mol. The van der Waals surface area contributed by atoms with Crippen LogP contribution in [0.1, 0.15) is 49.1 Å². The number of hydrogen-bond donors (Lipinski definition) is 2. The Hall–Kier alpha value is -1.97. The molecule has 0 unspecified atom stereocenters. The van der Waals surface area contributed by atoms with E-state index in [1.807, 2.05) is 6.07 Å². The highest BCUT2D eigenvalue weighted by Gasteiger charge is 2.15. The summed E-state index contributed by atoms with van der Waals surface area (Å²) < 4.78 is 5.56. The fourth-order valence-corrected chi connectivity index (χ4v) is 3.13. The van der Waals surface area contributed by atoms with Gasteiger partial charge in [0, 0.05) is 17.6 Å². The number of hydrogen-bond acceptors (Lipinski definition) is 3. The Morgan fingerprint density at radius 1 is 1.24 bits per heavy atom. The Morgan fingerprint density at radius 2 is 2.05 bits per heavy atom. The van der Waals surface area contributed by atoms with Crippen LogP contribution in [0.3, 0.4) is 0 Å². The van der Waals surface area contributed by atoms with Crippen molar-refractivity contribution in [3.05, 3.63) is 30.0 Å². The molecule has 2 aromatic rings. The molecule has 0 radical (unpaired) electrons. The van der Waals surface area contributed by atoms with E-state index < -0.39 is 0 Å². The van der Waals surface area contributed by atoms with Crippen LogP contribution in [0, 0.1) is 5.92 Å². The summed E-state index contributed by atoms with van der Waals surface area (Å²) in [6.07, 6.45) is 7.72. The average molecular weight is 286 g/mol. The van der Waals surface area contributed by atoms with Gasteiger partial charge in [0.05, 0.1) is 0 Å². The summed E-state index contributed by atoms with van der Waals surface area (Å²) in [6.45, 7) is 0.725. The van der Waals surface area contributed by atoms with Crippen LogP contribution in [0.15, 0.2) is 28.7 Å². The van der Waals surface area contributed by atoms with Gasteiger partial charge in [-0.05, 0) is 36.6 Å². The zero-order chi connectivity index (χ0) is 14.7. The number of carbonyl (C=O) groups excluding carboxylic acids is 1. The smallest absolute Gasteiger partial charge is 0.287 e. The topological polar surface area (TPSA) is 68.3 Å². The number of amides is 1. The molecule has 1 aliphatic carbocycles. The van der Waals surface area contributed by atoms with E-state index in [1.165, 1.54) is 32.1 Å². The quantitative estimate of drug-likeness (QED) is 0.842. The molecular formula is C17H22N2O2. The summed E-state index contributed by atoms with van der Waals surface area (Å²) in [4.78, 5) is 12.1. The third-order valence-electron chi connectivity index (χ3n) is 4.33. The van der Waals surface area contributed by atoms with Crippen LogP contribution in [0.4, 0.5) is 5.69 Å². The van der Waals surface area contributed by atoms with Crippen molar-refractivity contribution < 1.29 is 9.21 Å². The van der Waals surface area contributed by atoms with Gasteiger partial charge in [0.2, 0.25) is 0 Å². The number of carbonyl (C=O) groups is 1. The first-order valence-corrected chi connectivity index (χ1v) is 7.79. The molecule has 1 aromatic carbocycles. The van der Waals surface area contributed by atoms with E-state index in [4.69, 9.17) is 10.2 Å². The predicted molar refractivity (Wildman–Crippen MR) is 84.2 cm³/mol. The molecule has 3 N–H and O–H groups in total. The van der Waals surface area contributed by atoms with Gasteiger partial charge in [-0.25, -0.2) is 0 Å². The molecule has 4 heteroatoms. The van der Waals surface area contributed by atoms with Gasteiger partial charge in [-0.1, -0.05) is 32.1 Å². The lowest BCUT2D eigenvalue weighted by atomic mass is 9.87. The third kappa shape index (κ3) is 3.38. The molecule has 1 saturated carbocycles. The molecule has 1 fully saturated rings. The Morgan fingerprint density at radius 3 is 2.86 bits per heavy atom. The van der Waals surface area contributed by atoms with Gasteiger partial charge in [0.25, 0.3) is 5.91 Å². The average Bonchev–Trinajstić information content (AvgIpc) is 2.91. The van der Waals surface area contributed by atoms with E-state index >= 15 is 0 Å². The second-order valence-electron chi connectivity index (χ2n) is 5.96. The summed E-state index contributed by atoms with van der Waals surface area (Å²) in [5.41, 5.74) is 7.10. The lowest BCUT2D eigenvalue weighted by Crippen LogP contribution is -2.26. The Balaban J connectivity index is 1.56. The molecule has 3 rings (SSSR count). The minimum atomic E-state index is -0.138. The second-order valence-corrected chi connectivity index (χ2v) is 5.96. The molecule has 21 heavy (non-hydrogen) atoms. The number of anilines is 1. The fraction of sp³-hybridized carbons (Fsp3) is 0.471. The number of nitrogens with one attached hydrogen (secondary N) is 1. The van der Waals surface area contributed by atoms with Crippen molar-refractivity contribution in [1.82, 2.24) is 5.32 Å². The van der Waals surface area contributed by atoms with Crippen LogP contribution >= 0.6 is 0 Å². The zero-order valence-corrected chi connectivity index (χ0v) is 12.2. The molecule has 1 amide bonds. The number of fused-ring (bicyclic) bond motifs is 1. The van der Waals surface area contributed by atoms with E-state index in [0.29, 0.717) is 17.0 Å². The van der Waals surface area contributed by atoms with Crippen molar-refractivity contribution in [1.29, 1.82) is 0 Å². The first-order valence-electron chi connectivity index (χ1n) is 7.79. The molecule has 1 aliphatic rings. The molecule has 4 nitrogen and oxygen atoms in total. The van der Waals surface area contributed by atoms with Crippen molar-refractivity contribution in [3.8, 4) is 0 Å². The van der Waals surface area contributed by atoms with E-state index in [-0.39, 0.29) is 5.91 Å². The third-order valence-corrected chi connectivity index (χ3v) is 4.33. The summed E-state index contributed by atoms with van der Waals surface area (Å²) in [7, 11) is 0. The normalized spacial score (nSPS) is 16.2. The highest BCUT2D eigenvalue weighted by Crippen LogP contribution is 2.26. The summed E-state index contributed by atoms with van der Waals surface area (Å²) in [5.74, 6) is 0.995. The predicted octanol–water partition coefficient (Wildman–Crippen LogP) is 3.72. The highest BCUT2D eigenvalue weighted by molar-refractivity contribution is 5.96. The van der Waals surface area contributed by atoms with Crippen molar-refractivity contribution in [2.75, 3.05) is 12.3 Å². The lowest BCUT2D eigenvalue weighted by Gasteiger charge is -2.21. The Labute approximate surface area is 124 Å². The van der Waals surface area contributed by atoms with Gasteiger partial charge >= 0.3 is 0 Å². The fourth-order valence-electron chi connectivity index (χ4n) is 3.13. The van der Waals surface area contributed by atoms with Gasteiger partial charge in [-0.15, -0.1) is 0 Å². The Bertz CT molecular complexity index is 627. The minimum Gasteiger partial charge on any atom is -0.451 e. The number of furan rings is 1. The summed E-state index contributed by atoms with van der Waals surface area (Å²) >= 11 is 0. The molecule has 1 aromatic heterocycles. The van der Waals surface area contributed by atoms with Crippen LogP contribution in [0.5, 0.6) is 0 Å². The lowest BCUT2D eigenvalue weighted by molar-refractivity contribution is 0.0925. The Kier molecular flexibility index (Phi) is 4.13. The highest BCUT2D eigenvalue weighted by atomic mass is 16.3. The van der Waals surface area contributed by atoms with Crippen LogP contribution in [-0.4, -0.2) is 12.5 Å². The van der Waals surface area contributed by atoms with Crippen LogP contribution < -0.4 is 11.1 Å². The van der Waals surface area contributed by atoms with E-state index in [2.05, 4.69) is 5.32 Å². The van der Waals surface area contributed by atoms with Gasteiger partial charge in [0.15, 0.2) is 5.76 Å². The van der Waals surface area contributed by atoms with E-state index in [9.17, 15) is 4.79 Å². The standard InChI is InChI=1S/C17H22N2O2/c18-14-6-7-15-13(10-14)11-16(21-15)17(20)19-9-8-12-4-2-1-3-5-12/h6-7,10-12H,1-5,8-9,18H2,(H,19,20). The van der Waals surface area contributed by atoms with Gasteiger partial charge in [0.1, 0.15) is 5.58 Å². The van der Waals surface area contributed by atoms with E-state index in [0.717, 1.165) is 24.3 Å². The molecule has 0 spiro atoms. The number of benzene rings is 1. The maximum Gasteiger partial charge on any atom is 0.287 e. The zero-order valence-electron chi connectivity index (χ0n) is 12.2. The second kappa shape index (κ2) is 6.20. The van der Waals surface area contributed by atoms with Crippen molar-refractivity contribution >= 4 is 22.6 Å². The van der Waals surface area contributed by atoms with Crippen molar-refractivity contribution in [2.45, 2.75) is 38.5 Å². The first-order chi connectivity index (χ1) is 10.2.